The summed E-state index contributed by atoms with van der Waals surface area (Å²) >= 11 is 1.63. The maximum absolute atomic E-state index is 11.0. The van der Waals surface area contributed by atoms with E-state index in [0.29, 0.717) is 19.5 Å². The molecule has 5 heteroatoms. The minimum Gasteiger partial charge on any atom is -0.360 e. The first kappa shape index (κ1) is 11.9. The summed E-state index contributed by atoms with van der Waals surface area (Å²) in [6.45, 7) is 3.17. The second-order valence-corrected chi connectivity index (χ2v) is 4.65. The summed E-state index contributed by atoms with van der Waals surface area (Å²) in [7, 11) is 0. The van der Waals surface area contributed by atoms with Gasteiger partial charge in [-0.15, -0.1) is 0 Å². The molecule has 0 saturated heterocycles. The number of para-hydroxylation sites is 1. The predicted octanol–water partition coefficient (Wildman–Crippen LogP) is 2.23. The van der Waals surface area contributed by atoms with E-state index in [1.807, 2.05) is 25.1 Å². The number of thiazole rings is 1. The Morgan fingerprint density at radius 3 is 2.94 bits per heavy atom. The van der Waals surface area contributed by atoms with E-state index in [0.717, 1.165) is 10.6 Å². The van der Waals surface area contributed by atoms with Crippen LogP contribution >= 0.6 is 11.3 Å². The lowest BCUT2D eigenvalue weighted by Gasteiger charge is -2.03. The van der Waals surface area contributed by atoms with E-state index in [4.69, 9.17) is 0 Å². The molecule has 0 atom stereocenters. The van der Waals surface area contributed by atoms with Crippen LogP contribution in [0.4, 0.5) is 5.13 Å². The Bertz CT molecular complexity index is 476. The number of nitrogens with one attached hydrogen (secondary N) is 2. The third kappa shape index (κ3) is 3.17. The van der Waals surface area contributed by atoms with Crippen LogP contribution in [0.25, 0.3) is 10.2 Å². The van der Waals surface area contributed by atoms with Crippen molar-refractivity contribution in [2.75, 3.05) is 18.4 Å². The molecule has 0 fully saturated rings. The average Bonchev–Trinajstić information content (AvgIpc) is 2.76. The maximum atomic E-state index is 11.0. The number of fused-ring (bicyclic) bond motifs is 1. The topological polar surface area (TPSA) is 54.0 Å². The van der Waals surface area contributed by atoms with E-state index in [1.165, 1.54) is 4.70 Å². The van der Waals surface area contributed by atoms with E-state index in [2.05, 4.69) is 21.7 Å². The molecule has 90 valence electrons. The quantitative estimate of drug-likeness (QED) is 0.799. The number of benzene rings is 1. The van der Waals surface area contributed by atoms with Crippen molar-refractivity contribution in [1.82, 2.24) is 10.3 Å². The Balaban J connectivity index is 1.85. The second-order valence-electron chi connectivity index (χ2n) is 3.62. The molecule has 0 aliphatic rings. The van der Waals surface area contributed by atoms with E-state index < -0.39 is 0 Å². The van der Waals surface area contributed by atoms with Crippen molar-refractivity contribution < 1.29 is 4.79 Å². The normalized spacial score (nSPS) is 10.4. The zero-order valence-electron chi connectivity index (χ0n) is 9.69. The van der Waals surface area contributed by atoms with Crippen molar-refractivity contribution in [2.24, 2.45) is 0 Å². The summed E-state index contributed by atoms with van der Waals surface area (Å²) in [5.41, 5.74) is 1.01. The Morgan fingerprint density at radius 2 is 2.18 bits per heavy atom. The molecule has 0 unspecified atom stereocenters. The number of carbonyl (C=O) groups excluding carboxylic acids is 1. The highest BCUT2D eigenvalue weighted by atomic mass is 32.1. The monoisotopic (exact) mass is 249 g/mol. The third-order valence-corrected chi connectivity index (χ3v) is 3.33. The SMILES string of the molecule is CCC(=O)NCCNc1nc2ccccc2s1. The van der Waals surface area contributed by atoms with Gasteiger partial charge in [-0.25, -0.2) is 4.98 Å². The lowest BCUT2D eigenvalue weighted by molar-refractivity contribution is -0.120. The molecular formula is C12H15N3OS. The summed E-state index contributed by atoms with van der Waals surface area (Å²) < 4.78 is 1.17. The molecule has 17 heavy (non-hydrogen) atoms. The molecule has 1 aromatic heterocycles. The van der Waals surface area contributed by atoms with Crippen LogP contribution < -0.4 is 10.6 Å². The Hall–Kier alpha value is -1.62. The van der Waals surface area contributed by atoms with Gasteiger partial charge < -0.3 is 10.6 Å². The first-order chi connectivity index (χ1) is 8.29. The molecule has 2 N–H and O–H groups in total. The van der Waals surface area contributed by atoms with Gasteiger partial charge in [0, 0.05) is 19.5 Å². The Labute approximate surface area is 104 Å². The van der Waals surface area contributed by atoms with Gasteiger partial charge in [-0.1, -0.05) is 30.4 Å². The smallest absolute Gasteiger partial charge is 0.219 e. The molecular weight excluding hydrogens is 234 g/mol. The molecule has 0 aliphatic carbocycles. The van der Waals surface area contributed by atoms with Crippen LogP contribution in [0, 0.1) is 0 Å². The van der Waals surface area contributed by atoms with Crippen LogP contribution in [-0.4, -0.2) is 24.0 Å². The zero-order chi connectivity index (χ0) is 12.1. The number of aromatic nitrogens is 1. The van der Waals surface area contributed by atoms with Gasteiger partial charge in [-0.2, -0.15) is 0 Å². The first-order valence-corrected chi connectivity index (χ1v) is 6.47. The molecule has 0 bridgehead atoms. The highest BCUT2D eigenvalue weighted by molar-refractivity contribution is 7.22. The molecule has 2 rings (SSSR count). The van der Waals surface area contributed by atoms with Crippen molar-refractivity contribution in [2.45, 2.75) is 13.3 Å². The van der Waals surface area contributed by atoms with Gasteiger partial charge in [0.15, 0.2) is 5.13 Å². The number of amides is 1. The largest absolute Gasteiger partial charge is 0.360 e. The van der Waals surface area contributed by atoms with Crippen molar-refractivity contribution in [3.05, 3.63) is 24.3 Å². The van der Waals surface area contributed by atoms with Gasteiger partial charge in [-0.3, -0.25) is 4.79 Å². The van der Waals surface area contributed by atoms with Gasteiger partial charge in [0.25, 0.3) is 0 Å². The number of nitrogens with zero attached hydrogens (tertiary/aromatic N) is 1. The fourth-order valence-electron chi connectivity index (χ4n) is 1.44. The Kier molecular flexibility index (Phi) is 3.93. The molecule has 0 aliphatic heterocycles. The minimum atomic E-state index is 0.0797. The van der Waals surface area contributed by atoms with Gasteiger partial charge >= 0.3 is 0 Å². The molecule has 1 amide bonds. The molecule has 4 nitrogen and oxygen atoms in total. The van der Waals surface area contributed by atoms with Gasteiger partial charge in [-0.05, 0) is 12.1 Å². The van der Waals surface area contributed by atoms with Crippen molar-refractivity contribution in [1.29, 1.82) is 0 Å². The summed E-state index contributed by atoms with van der Waals surface area (Å²) in [6.07, 6.45) is 0.529. The van der Waals surface area contributed by atoms with E-state index >= 15 is 0 Å². The minimum absolute atomic E-state index is 0.0797. The van der Waals surface area contributed by atoms with Gasteiger partial charge in [0.05, 0.1) is 10.2 Å². The van der Waals surface area contributed by atoms with Crippen molar-refractivity contribution >= 4 is 32.6 Å². The molecule has 0 saturated carbocycles. The lowest BCUT2D eigenvalue weighted by atomic mass is 10.3. The summed E-state index contributed by atoms with van der Waals surface area (Å²) in [4.78, 5) is 15.5. The summed E-state index contributed by atoms with van der Waals surface area (Å²) in [5, 5.41) is 6.92. The number of anilines is 1. The van der Waals surface area contributed by atoms with Crippen LogP contribution in [0.2, 0.25) is 0 Å². The van der Waals surface area contributed by atoms with E-state index in [9.17, 15) is 4.79 Å². The predicted molar refractivity (Wildman–Crippen MR) is 71.4 cm³/mol. The zero-order valence-corrected chi connectivity index (χ0v) is 10.5. The van der Waals surface area contributed by atoms with Crippen molar-refractivity contribution in [3.63, 3.8) is 0 Å². The van der Waals surface area contributed by atoms with Crippen molar-refractivity contribution in [3.8, 4) is 0 Å². The first-order valence-electron chi connectivity index (χ1n) is 5.65. The highest BCUT2D eigenvalue weighted by Crippen LogP contribution is 2.24. The van der Waals surface area contributed by atoms with Gasteiger partial charge in [0.1, 0.15) is 0 Å². The number of hydrogen-bond donors (Lipinski definition) is 2. The molecule has 1 heterocycles. The standard InChI is InChI=1S/C12H15N3OS/c1-2-11(16)13-7-8-14-12-15-9-5-3-4-6-10(9)17-12/h3-6H,2,7-8H2,1H3,(H,13,16)(H,14,15). The van der Waals surface area contributed by atoms with Gasteiger partial charge in [0.2, 0.25) is 5.91 Å². The second kappa shape index (κ2) is 5.63. The van der Waals surface area contributed by atoms with E-state index in [1.54, 1.807) is 11.3 Å². The van der Waals surface area contributed by atoms with Crippen LogP contribution in [-0.2, 0) is 4.79 Å². The third-order valence-electron chi connectivity index (χ3n) is 2.34. The van der Waals surface area contributed by atoms with Crippen LogP contribution in [0.3, 0.4) is 0 Å². The lowest BCUT2D eigenvalue weighted by Crippen LogP contribution is -2.27. The number of rotatable bonds is 5. The number of carbonyl (C=O) groups is 1. The number of hydrogen-bond acceptors (Lipinski definition) is 4. The molecule has 2 aromatic rings. The average molecular weight is 249 g/mol. The summed E-state index contributed by atoms with van der Waals surface area (Å²) in [6, 6.07) is 8.03. The van der Waals surface area contributed by atoms with E-state index in [-0.39, 0.29) is 5.91 Å². The molecule has 1 aromatic carbocycles. The van der Waals surface area contributed by atoms with Crippen LogP contribution in [0.1, 0.15) is 13.3 Å². The summed E-state index contributed by atoms with van der Waals surface area (Å²) in [5.74, 6) is 0.0797. The Morgan fingerprint density at radius 1 is 1.35 bits per heavy atom. The fourth-order valence-corrected chi connectivity index (χ4v) is 2.34. The van der Waals surface area contributed by atoms with Crippen LogP contribution in [0.5, 0.6) is 0 Å². The highest BCUT2D eigenvalue weighted by Gasteiger charge is 2.01. The molecule has 0 spiro atoms. The maximum Gasteiger partial charge on any atom is 0.219 e. The molecule has 0 radical (unpaired) electrons. The fraction of sp³-hybridized carbons (Fsp3) is 0.333. The van der Waals surface area contributed by atoms with Crippen LogP contribution in [0.15, 0.2) is 24.3 Å².